The van der Waals surface area contributed by atoms with Crippen molar-refractivity contribution in [3.05, 3.63) is 76.4 Å². The summed E-state index contributed by atoms with van der Waals surface area (Å²) < 4.78 is 7.68. The first-order chi connectivity index (χ1) is 15.5. The molecule has 168 valence electrons. The Labute approximate surface area is 195 Å². The Balaban J connectivity index is 1.92. The normalized spacial score (nSPS) is 15.1. The molecule has 32 heavy (non-hydrogen) atoms. The van der Waals surface area contributed by atoms with Crippen molar-refractivity contribution in [3.8, 4) is 16.9 Å². The number of hydrogen-bond acceptors (Lipinski definition) is 4. The molecule has 0 radical (unpaired) electrons. The molecular weight excluding hydrogens is 422 g/mol. The summed E-state index contributed by atoms with van der Waals surface area (Å²) in [6.07, 6.45) is 0. The molecule has 1 aromatic heterocycles. The molecule has 1 fully saturated rings. The van der Waals surface area contributed by atoms with Crippen LogP contribution < -0.4 is 0 Å². The average molecular weight is 452 g/mol. The lowest BCUT2D eigenvalue weighted by molar-refractivity contribution is 0.0522. The number of esters is 1. The van der Waals surface area contributed by atoms with Crippen LogP contribution >= 0.6 is 11.6 Å². The van der Waals surface area contributed by atoms with E-state index in [-0.39, 0.29) is 5.97 Å². The van der Waals surface area contributed by atoms with Gasteiger partial charge in [0.25, 0.3) is 0 Å². The highest BCUT2D eigenvalue weighted by Crippen LogP contribution is 2.36. The van der Waals surface area contributed by atoms with E-state index >= 15 is 0 Å². The number of hydrogen-bond donors (Lipinski definition) is 0. The molecule has 0 unspecified atom stereocenters. The van der Waals surface area contributed by atoms with Crippen molar-refractivity contribution in [1.82, 2.24) is 14.4 Å². The van der Waals surface area contributed by atoms with Crippen LogP contribution in [0.15, 0.2) is 54.6 Å². The number of piperazine rings is 1. The third-order valence-electron chi connectivity index (χ3n) is 6.10. The molecular formula is C26H30ClN3O2. The van der Waals surface area contributed by atoms with Crippen LogP contribution in [0.4, 0.5) is 0 Å². The molecule has 3 aromatic rings. The van der Waals surface area contributed by atoms with Crippen molar-refractivity contribution in [3.63, 3.8) is 0 Å². The van der Waals surface area contributed by atoms with Gasteiger partial charge in [0.2, 0.25) is 0 Å². The maximum absolute atomic E-state index is 13.2. The Morgan fingerprint density at radius 2 is 1.66 bits per heavy atom. The highest BCUT2D eigenvalue weighted by molar-refractivity contribution is 6.30. The molecule has 2 aromatic carbocycles. The summed E-state index contributed by atoms with van der Waals surface area (Å²) in [6, 6.07) is 18.0. The van der Waals surface area contributed by atoms with E-state index in [2.05, 4.69) is 33.5 Å². The van der Waals surface area contributed by atoms with Crippen LogP contribution in [0.25, 0.3) is 16.9 Å². The first-order valence-corrected chi connectivity index (χ1v) is 11.5. The minimum absolute atomic E-state index is 0.265. The van der Waals surface area contributed by atoms with Crippen molar-refractivity contribution in [1.29, 1.82) is 0 Å². The van der Waals surface area contributed by atoms with Crippen molar-refractivity contribution >= 4 is 17.6 Å². The van der Waals surface area contributed by atoms with E-state index < -0.39 is 0 Å². The molecule has 0 amide bonds. The van der Waals surface area contributed by atoms with Gasteiger partial charge in [-0.05, 0) is 50.7 Å². The van der Waals surface area contributed by atoms with E-state index in [1.54, 1.807) is 0 Å². The van der Waals surface area contributed by atoms with Gasteiger partial charge < -0.3 is 14.2 Å². The average Bonchev–Trinajstić information content (AvgIpc) is 3.08. The zero-order valence-corrected chi connectivity index (χ0v) is 19.7. The molecule has 4 rings (SSSR count). The van der Waals surface area contributed by atoms with Gasteiger partial charge in [0.05, 0.1) is 17.9 Å². The van der Waals surface area contributed by atoms with E-state index in [1.165, 1.54) is 0 Å². The number of rotatable bonds is 6. The van der Waals surface area contributed by atoms with Crippen LogP contribution in [0.5, 0.6) is 0 Å². The van der Waals surface area contributed by atoms with Crippen LogP contribution in [-0.4, -0.2) is 60.2 Å². The van der Waals surface area contributed by atoms with Crippen LogP contribution in [0.3, 0.4) is 0 Å². The molecule has 1 aliphatic rings. The summed E-state index contributed by atoms with van der Waals surface area (Å²) in [5.41, 5.74) is 5.65. The summed E-state index contributed by atoms with van der Waals surface area (Å²) in [7, 11) is 2.15. The number of halogens is 1. The first-order valence-electron chi connectivity index (χ1n) is 11.1. The van der Waals surface area contributed by atoms with E-state index in [1.807, 2.05) is 56.3 Å². The second kappa shape index (κ2) is 9.90. The third kappa shape index (κ3) is 4.60. The Hall–Kier alpha value is -2.60. The molecule has 0 saturated carbocycles. The van der Waals surface area contributed by atoms with Gasteiger partial charge in [-0.25, -0.2) is 4.79 Å². The number of aromatic nitrogens is 1. The molecule has 0 aliphatic carbocycles. The molecule has 6 heteroatoms. The smallest absolute Gasteiger partial charge is 0.340 e. The monoisotopic (exact) mass is 451 g/mol. The van der Waals surface area contributed by atoms with Crippen LogP contribution in [-0.2, 0) is 11.3 Å². The van der Waals surface area contributed by atoms with Crippen molar-refractivity contribution in [2.45, 2.75) is 20.4 Å². The molecule has 0 atom stereocenters. The van der Waals surface area contributed by atoms with Crippen LogP contribution in [0.1, 0.15) is 28.5 Å². The fraction of sp³-hybridized carbons (Fsp3) is 0.346. The van der Waals surface area contributed by atoms with Crippen LogP contribution in [0, 0.1) is 6.92 Å². The Morgan fingerprint density at radius 1 is 1.00 bits per heavy atom. The maximum atomic E-state index is 13.2. The number of benzene rings is 2. The summed E-state index contributed by atoms with van der Waals surface area (Å²) in [5, 5.41) is 0.683. The van der Waals surface area contributed by atoms with Crippen molar-refractivity contribution in [2.24, 2.45) is 0 Å². The minimum Gasteiger partial charge on any atom is -0.462 e. The second-order valence-electron chi connectivity index (χ2n) is 8.27. The molecule has 0 spiro atoms. The van der Waals surface area contributed by atoms with Gasteiger partial charge in [-0.3, -0.25) is 4.90 Å². The highest BCUT2D eigenvalue weighted by atomic mass is 35.5. The lowest BCUT2D eigenvalue weighted by atomic mass is 10.0. The zero-order chi connectivity index (χ0) is 22.7. The molecule has 0 N–H and O–H groups in total. The Kier molecular flexibility index (Phi) is 6.99. The summed E-state index contributed by atoms with van der Waals surface area (Å²) >= 11 is 6.17. The summed E-state index contributed by atoms with van der Waals surface area (Å²) in [5.74, 6) is -0.265. The van der Waals surface area contributed by atoms with Crippen molar-refractivity contribution < 1.29 is 9.53 Å². The predicted octanol–water partition coefficient (Wildman–Crippen LogP) is 5.03. The van der Waals surface area contributed by atoms with E-state index in [0.29, 0.717) is 23.7 Å². The third-order valence-corrected chi connectivity index (χ3v) is 6.35. The number of likely N-dealkylation sites (N-methyl/N-ethyl adjacent to an activating group) is 1. The van der Waals surface area contributed by atoms with E-state index in [9.17, 15) is 4.79 Å². The van der Waals surface area contributed by atoms with Crippen molar-refractivity contribution in [2.75, 3.05) is 39.8 Å². The number of ether oxygens (including phenoxy) is 1. The van der Waals surface area contributed by atoms with Gasteiger partial charge in [0.15, 0.2) is 0 Å². The van der Waals surface area contributed by atoms with Gasteiger partial charge in [-0.1, -0.05) is 41.9 Å². The van der Waals surface area contributed by atoms with Gasteiger partial charge in [0, 0.05) is 54.7 Å². The topological polar surface area (TPSA) is 37.7 Å². The molecule has 1 saturated heterocycles. The minimum atomic E-state index is -0.265. The Bertz CT molecular complexity index is 1070. The van der Waals surface area contributed by atoms with E-state index in [0.717, 1.165) is 54.4 Å². The zero-order valence-electron chi connectivity index (χ0n) is 19.0. The first kappa shape index (κ1) is 22.6. The lowest BCUT2D eigenvalue weighted by Gasteiger charge is -2.32. The van der Waals surface area contributed by atoms with Gasteiger partial charge in [-0.2, -0.15) is 0 Å². The summed E-state index contributed by atoms with van der Waals surface area (Å²) in [4.78, 5) is 17.9. The lowest BCUT2D eigenvalue weighted by Crippen LogP contribution is -2.44. The molecule has 0 bridgehead atoms. The number of carbonyl (C=O) groups is 1. The fourth-order valence-electron chi connectivity index (χ4n) is 4.42. The van der Waals surface area contributed by atoms with E-state index in [4.69, 9.17) is 16.3 Å². The maximum Gasteiger partial charge on any atom is 0.340 e. The van der Waals surface area contributed by atoms with Crippen LogP contribution in [0.2, 0.25) is 5.02 Å². The quantitative estimate of drug-likeness (QED) is 0.492. The van der Waals surface area contributed by atoms with Gasteiger partial charge >= 0.3 is 5.97 Å². The number of carbonyl (C=O) groups excluding carboxylic acids is 1. The highest BCUT2D eigenvalue weighted by Gasteiger charge is 2.29. The Morgan fingerprint density at radius 3 is 2.28 bits per heavy atom. The standard InChI is InChI=1S/C26H30ClN3O2/c1-4-32-26(31)24-19(2)30(22-12-10-21(27)11-13-22)25(20-8-6-5-7-9-20)23(24)18-29-16-14-28(3)15-17-29/h5-13H,4,14-18H2,1-3H3. The molecule has 1 aliphatic heterocycles. The van der Waals surface area contributed by atoms with Gasteiger partial charge in [-0.15, -0.1) is 0 Å². The largest absolute Gasteiger partial charge is 0.462 e. The SMILES string of the molecule is CCOC(=O)c1c(CN2CCN(C)CC2)c(-c2ccccc2)n(-c2ccc(Cl)cc2)c1C. The fourth-order valence-corrected chi connectivity index (χ4v) is 4.55. The summed E-state index contributed by atoms with van der Waals surface area (Å²) in [6.45, 7) is 8.88. The predicted molar refractivity (Wildman–Crippen MR) is 130 cm³/mol. The van der Waals surface area contributed by atoms with Gasteiger partial charge in [0.1, 0.15) is 0 Å². The number of nitrogens with zero attached hydrogens (tertiary/aromatic N) is 3. The molecule has 5 nitrogen and oxygen atoms in total. The molecule has 2 heterocycles. The second-order valence-corrected chi connectivity index (χ2v) is 8.70.